The highest BCUT2D eigenvalue weighted by atomic mass is 16.5. The minimum absolute atomic E-state index is 0.0787. The first-order chi connectivity index (χ1) is 4.88. The van der Waals surface area contributed by atoms with Crippen molar-refractivity contribution in [3.05, 3.63) is 10.4 Å². The van der Waals surface area contributed by atoms with Crippen LogP contribution in [0.4, 0.5) is 0 Å². The van der Waals surface area contributed by atoms with Crippen LogP contribution in [0.5, 0.6) is 0 Å². The van der Waals surface area contributed by atoms with Gasteiger partial charge in [-0.05, 0) is 18.4 Å². The summed E-state index contributed by atoms with van der Waals surface area (Å²) in [5.74, 6) is 0. The first-order valence-corrected chi connectivity index (χ1v) is 3.45. The van der Waals surface area contributed by atoms with Crippen LogP contribution in [0.1, 0.15) is 19.3 Å². The van der Waals surface area contributed by atoms with Gasteiger partial charge in [-0.3, -0.25) is 0 Å². The highest BCUT2D eigenvalue weighted by Crippen LogP contribution is 2.24. The number of nitrogens with zero attached hydrogens (tertiary/aromatic N) is 3. The molecular weight excluding hydrogens is 130 g/mol. The first-order valence-electron chi connectivity index (χ1n) is 3.45. The number of ether oxygens (including phenoxy) is 1. The largest absolute Gasteiger partial charge is 0.381 e. The summed E-state index contributed by atoms with van der Waals surface area (Å²) in [4.78, 5) is 2.76. The monoisotopic (exact) mass is 141 g/mol. The predicted molar refractivity (Wildman–Crippen MR) is 37.6 cm³/mol. The minimum Gasteiger partial charge on any atom is -0.381 e. The van der Waals surface area contributed by atoms with E-state index in [-0.39, 0.29) is 12.1 Å². The lowest BCUT2D eigenvalue weighted by Crippen LogP contribution is -2.18. The van der Waals surface area contributed by atoms with Crippen molar-refractivity contribution >= 4 is 0 Å². The van der Waals surface area contributed by atoms with Gasteiger partial charge in [0.05, 0.1) is 12.1 Å². The summed E-state index contributed by atoms with van der Waals surface area (Å²) in [7, 11) is 1.66. The highest BCUT2D eigenvalue weighted by Gasteiger charge is 2.25. The van der Waals surface area contributed by atoms with Crippen LogP contribution in [0.15, 0.2) is 5.11 Å². The molecule has 4 nitrogen and oxygen atoms in total. The molecule has 0 radical (unpaired) electrons. The number of hydrogen-bond acceptors (Lipinski definition) is 2. The number of azide groups is 1. The molecule has 10 heavy (non-hydrogen) atoms. The summed E-state index contributed by atoms with van der Waals surface area (Å²) in [5.41, 5.74) is 8.14. The van der Waals surface area contributed by atoms with Gasteiger partial charge in [-0.2, -0.15) is 0 Å². The van der Waals surface area contributed by atoms with Gasteiger partial charge in [0, 0.05) is 12.0 Å². The molecule has 4 heteroatoms. The maximum Gasteiger partial charge on any atom is 0.0656 e. The predicted octanol–water partition coefficient (Wildman–Crippen LogP) is 1.86. The van der Waals surface area contributed by atoms with Crippen LogP contribution in [-0.4, -0.2) is 19.3 Å². The van der Waals surface area contributed by atoms with Gasteiger partial charge in [-0.25, -0.2) is 0 Å². The van der Waals surface area contributed by atoms with Crippen molar-refractivity contribution in [3.8, 4) is 0 Å². The molecule has 0 aliphatic heterocycles. The molecule has 1 saturated carbocycles. The Kier molecular flexibility index (Phi) is 2.54. The van der Waals surface area contributed by atoms with E-state index in [1.165, 1.54) is 0 Å². The van der Waals surface area contributed by atoms with Gasteiger partial charge < -0.3 is 4.74 Å². The molecule has 1 aliphatic rings. The molecular formula is C6H11N3O. The van der Waals surface area contributed by atoms with Crippen molar-refractivity contribution in [2.45, 2.75) is 31.4 Å². The summed E-state index contributed by atoms with van der Waals surface area (Å²) >= 11 is 0. The van der Waals surface area contributed by atoms with E-state index in [9.17, 15) is 0 Å². The van der Waals surface area contributed by atoms with Crippen LogP contribution >= 0.6 is 0 Å². The molecule has 0 unspecified atom stereocenters. The average molecular weight is 141 g/mol. The molecule has 0 spiro atoms. The van der Waals surface area contributed by atoms with Crippen molar-refractivity contribution in [2.75, 3.05) is 7.11 Å². The number of methoxy groups -OCH3 is 1. The van der Waals surface area contributed by atoms with E-state index in [1.807, 2.05) is 0 Å². The summed E-state index contributed by atoms with van der Waals surface area (Å²) < 4.78 is 5.11. The standard InChI is InChI=1S/C6H11N3O/c1-10-6-4-2-3-5(6)8-9-7/h5-6H,2-4H2,1H3/t5-,6-/m0/s1. The fraction of sp³-hybridized carbons (Fsp3) is 1.00. The molecule has 56 valence electrons. The van der Waals surface area contributed by atoms with E-state index in [0.29, 0.717) is 0 Å². The SMILES string of the molecule is CO[C@H]1CCC[C@@H]1N=[N+]=[N-]. The molecule has 0 bridgehead atoms. The summed E-state index contributed by atoms with van der Waals surface area (Å²) in [5, 5.41) is 3.63. The van der Waals surface area contributed by atoms with Crippen LogP contribution in [0.2, 0.25) is 0 Å². The Morgan fingerprint density at radius 1 is 1.60 bits per heavy atom. The fourth-order valence-electron chi connectivity index (χ4n) is 1.38. The van der Waals surface area contributed by atoms with Crippen LogP contribution in [0.3, 0.4) is 0 Å². The summed E-state index contributed by atoms with van der Waals surface area (Å²) in [6.45, 7) is 0. The second-order valence-corrected chi connectivity index (χ2v) is 2.48. The van der Waals surface area contributed by atoms with Gasteiger partial charge in [0.15, 0.2) is 0 Å². The normalized spacial score (nSPS) is 31.7. The Hall–Kier alpha value is -0.730. The Morgan fingerprint density at radius 3 is 3.00 bits per heavy atom. The van der Waals surface area contributed by atoms with Gasteiger partial charge in [0.1, 0.15) is 0 Å². The van der Waals surface area contributed by atoms with Crippen molar-refractivity contribution < 1.29 is 4.74 Å². The van der Waals surface area contributed by atoms with Crippen LogP contribution < -0.4 is 0 Å². The summed E-state index contributed by atoms with van der Waals surface area (Å²) in [6.07, 6.45) is 3.28. The molecule has 0 saturated heterocycles. The van der Waals surface area contributed by atoms with E-state index >= 15 is 0 Å². The van der Waals surface area contributed by atoms with E-state index in [2.05, 4.69) is 10.0 Å². The van der Waals surface area contributed by atoms with E-state index < -0.39 is 0 Å². The van der Waals surface area contributed by atoms with Crippen molar-refractivity contribution in [3.63, 3.8) is 0 Å². The van der Waals surface area contributed by atoms with Gasteiger partial charge in [0.2, 0.25) is 0 Å². The molecule has 0 aromatic heterocycles. The molecule has 0 heterocycles. The third-order valence-electron chi connectivity index (χ3n) is 1.92. The Morgan fingerprint density at radius 2 is 2.40 bits per heavy atom. The Balaban J connectivity index is 2.49. The quantitative estimate of drug-likeness (QED) is 0.329. The van der Waals surface area contributed by atoms with Crippen LogP contribution in [0, 0.1) is 0 Å². The van der Waals surface area contributed by atoms with Crippen molar-refractivity contribution in [1.29, 1.82) is 0 Å². The first kappa shape index (κ1) is 7.38. The van der Waals surface area contributed by atoms with Crippen LogP contribution in [0.25, 0.3) is 10.4 Å². The molecule has 2 atom stereocenters. The van der Waals surface area contributed by atoms with Crippen molar-refractivity contribution in [2.24, 2.45) is 5.11 Å². The number of rotatable bonds is 2. The molecule has 0 aromatic carbocycles. The Bertz CT molecular complexity index is 153. The van der Waals surface area contributed by atoms with E-state index in [1.54, 1.807) is 7.11 Å². The highest BCUT2D eigenvalue weighted by molar-refractivity contribution is 4.83. The smallest absolute Gasteiger partial charge is 0.0656 e. The second-order valence-electron chi connectivity index (χ2n) is 2.48. The van der Waals surface area contributed by atoms with Gasteiger partial charge in [0.25, 0.3) is 0 Å². The zero-order chi connectivity index (χ0) is 7.40. The van der Waals surface area contributed by atoms with Gasteiger partial charge in [-0.15, -0.1) is 0 Å². The maximum atomic E-state index is 8.14. The molecule has 1 aliphatic carbocycles. The third kappa shape index (κ3) is 1.40. The molecule has 0 N–H and O–H groups in total. The minimum atomic E-state index is 0.0787. The fourth-order valence-corrected chi connectivity index (χ4v) is 1.38. The summed E-state index contributed by atoms with van der Waals surface area (Å²) in [6, 6.07) is 0.0787. The molecule has 0 aromatic rings. The Labute approximate surface area is 59.8 Å². The van der Waals surface area contributed by atoms with E-state index in [0.717, 1.165) is 19.3 Å². The van der Waals surface area contributed by atoms with Crippen molar-refractivity contribution in [1.82, 2.24) is 0 Å². The van der Waals surface area contributed by atoms with Gasteiger partial charge >= 0.3 is 0 Å². The zero-order valence-electron chi connectivity index (χ0n) is 6.03. The topological polar surface area (TPSA) is 58.0 Å². The van der Waals surface area contributed by atoms with Gasteiger partial charge in [-0.1, -0.05) is 11.5 Å². The lowest BCUT2D eigenvalue weighted by atomic mass is 10.2. The average Bonchev–Trinajstić information content (AvgIpc) is 2.36. The van der Waals surface area contributed by atoms with E-state index in [4.69, 9.17) is 10.3 Å². The lowest BCUT2D eigenvalue weighted by Gasteiger charge is -2.11. The molecule has 1 fully saturated rings. The molecule has 0 amide bonds. The third-order valence-corrected chi connectivity index (χ3v) is 1.92. The van der Waals surface area contributed by atoms with Crippen LogP contribution in [-0.2, 0) is 4.74 Å². The zero-order valence-corrected chi connectivity index (χ0v) is 6.03. The lowest BCUT2D eigenvalue weighted by molar-refractivity contribution is 0.0961. The number of hydrogen-bond donors (Lipinski definition) is 0. The molecule has 1 rings (SSSR count). The maximum absolute atomic E-state index is 8.14. The second kappa shape index (κ2) is 3.44.